The molecule has 5 nitrogen and oxygen atoms in total. The third-order valence-corrected chi connectivity index (χ3v) is 3.90. The van der Waals surface area contributed by atoms with Crippen molar-refractivity contribution >= 4 is 27.6 Å². The van der Waals surface area contributed by atoms with Crippen LogP contribution in [0.4, 0.5) is 4.39 Å². The molecule has 1 aromatic carbocycles. The van der Waals surface area contributed by atoms with Gasteiger partial charge < -0.3 is 4.74 Å². The third-order valence-electron chi connectivity index (χ3n) is 2.17. The number of carbonyl (C=O) groups is 1. The molecule has 1 aromatic rings. The highest BCUT2D eigenvalue weighted by atomic mass is 35.5. The largest absolute Gasteiger partial charge is 0.463 e. The highest BCUT2D eigenvalue weighted by molar-refractivity contribution is 7.89. The first-order valence-electron chi connectivity index (χ1n) is 5.86. The normalized spacial score (nSPS) is 11.7. The lowest BCUT2D eigenvalue weighted by Crippen LogP contribution is -2.28. The summed E-state index contributed by atoms with van der Waals surface area (Å²) in [6.45, 7) is 3.20. The lowest BCUT2D eigenvalue weighted by atomic mass is 10.3. The van der Waals surface area contributed by atoms with Gasteiger partial charge in [-0.1, -0.05) is 11.6 Å². The molecule has 0 aliphatic carbocycles. The Hall–Kier alpha value is -1.18. The molecule has 0 spiro atoms. The lowest BCUT2D eigenvalue weighted by Gasteiger charge is -2.09. The third kappa shape index (κ3) is 5.07. The quantitative estimate of drug-likeness (QED) is 0.814. The standard InChI is InChI=1S/C12H15ClFNO4S/c1-8(2)19-12(16)5-6-15-20(17,18)11-4-3-9(13)7-10(11)14/h3-4,7-8,15H,5-6H2,1-2H3. The van der Waals surface area contributed by atoms with Gasteiger partial charge in [0.25, 0.3) is 0 Å². The van der Waals surface area contributed by atoms with E-state index in [1.54, 1.807) is 13.8 Å². The molecule has 0 saturated carbocycles. The van der Waals surface area contributed by atoms with E-state index in [4.69, 9.17) is 16.3 Å². The highest BCUT2D eigenvalue weighted by Crippen LogP contribution is 2.18. The number of rotatable bonds is 6. The van der Waals surface area contributed by atoms with E-state index in [0.717, 1.165) is 12.1 Å². The molecule has 0 aliphatic rings. The maximum Gasteiger partial charge on any atom is 0.307 e. The van der Waals surface area contributed by atoms with Crippen LogP contribution in [0, 0.1) is 5.82 Å². The van der Waals surface area contributed by atoms with Crippen LogP contribution in [0.2, 0.25) is 5.02 Å². The molecule has 0 bridgehead atoms. The molecule has 8 heteroatoms. The number of halogens is 2. The predicted octanol–water partition coefficient (Wildman–Crippen LogP) is 2.10. The topological polar surface area (TPSA) is 72.5 Å². The minimum atomic E-state index is -4.02. The average Bonchev–Trinajstić information content (AvgIpc) is 2.26. The van der Waals surface area contributed by atoms with E-state index in [-0.39, 0.29) is 24.1 Å². The first-order chi connectivity index (χ1) is 9.22. The van der Waals surface area contributed by atoms with Crippen LogP contribution in [0.5, 0.6) is 0 Å². The number of benzene rings is 1. The average molecular weight is 324 g/mol. The van der Waals surface area contributed by atoms with Crippen molar-refractivity contribution in [2.45, 2.75) is 31.3 Å². The van der Waals surface area contributed by atoms with Crippen LogP contribution < -0.4 is 4.72 Å². The Balaban J connectivity index is 2.64. The Morgan fingerprint density at radius 3 is 2.65 bits per heavy atom. The molecular weight excluding hydrogens is 309 g/mol. The summed E-state index contributed by atoms with van der Waals surface area (Å²) < 4.78 is 44.1. The summed E-state index contributed by atoms with van der Waals surface area (Å²) in [5.41, 5.74) is 0. The van der Waals surface area contributed by atoms with Crippen LogP contribution in [-0.4, -0.2) is 27.0 Å². The Morgan fingerprint density at radius 2 is 2.10 bits per heavy atom. The second kappa shape index (κ2) is 7.01. The maximum atomic E-state index is 13.5. The molecule has 1 N–H and O–H groups in total. The Morgan fingerprint density at radius 1 is 1.45 bits per heavy atom. The predicted molar refractivity (Wildman–Crippen MR) is 72.4 cm³/mol. The van der Waals surface area contributed by atoms with Crippen molar-refractivity contribution < 1.29 is 22.3 Å². The van der Waals surface area contributed by atoms with Gasteiger partial charge in [-0.25, -0.2) is 17.5 Å². The van der Waals surface area contributed by atoms with Gasteiger partial charge in [0.15, 0.2) is 0 Å². The number of ether oxygens (including phenoxy) is 1. The number of esters is 1. The van der Waals surface area contributed by atoms with Gasteiger partial charge in [0.2, 0.25) is 10.0 Å². The number of sulfonamides is 1. The van der Waals surface area contributed by atoms with Gasteiger partial charge in [-0.05, 0) is 32.0 Å². The molecular formula is C12H15ClFNO4S. The van der Waals surface area contributed by atoms with Crippen molar-refractivity contribution in [1.29, 1.82) is 0 Å². The van der Waals surface area contributed by atoms with Crippen LogP contribution in [0.25, 0.3) is 0 Å². The molecule has 0 aromatic heterocycles. The zero-order valence-electron chi connectivity index (χ0n) is 11.0. The van der Waals surface area contributed by atoms with E-state index in [1.165, 1.54) is 6.07 Å². The summed E-state index contributed by atoms with van der Waals surface area (Å²) >= 11 is 5.54. The monoisotopic (exact) mass is 323 g/mol. The van der Waals surface area contributed by atoms with E-state index in [0.29, 0.717) is 0 Å². The fourth-order valence-corrected chi connectivity index (χ4v) is 2.63. The van der Waals surface area contributed by atoms with Crippen molar-refractivity contribution in [2.24, 2.45) is 0 Å². The first kappa shape index (κ1) is 16.9. The van der Waals surface area contributed by atoms with Crippen LogP contribution in [-0.2, 0) is 19.6 Å². The van der Waals surface area contributed by atoms with E-state index in [9.17, 15) is 17.6 Å². The maximum absolute atomic E-state index is 13.5. The number of hydrogen-bond donors (Lipinski definition) is 1. The van der Waals surface area contributed by atoms with Gasteiger partial charge in [-0.2, -0.15) is 0 Å². The van der Waals surface area contributed by atoms with Crippen molar-refractivity contribution in [3.8, 4) is 0 Å². The second-order valence-electron chi connectivity index (χ2n) is 4.26. The Kier molecular flexibility index (Phi) is 5.91. The van der Waals surface area contributed by atoms with E-state index in [1.807, 2.05) is 0 Å². The van der Waals surface area contributed by atoms with E-state index >= 15 is 0 Å². The van der Waals surface area contributed by atoms with Gasteiger partial charge in [0.05, 0.1) is 12.5 Å². The summed E-state index contributed by atoms with van der Waals surface area (Å²) in [7, 11) is -4.02. The summed E-state index contributed by atoms with van der Waals surface area (Å²) in [6, 6.07) is 3.24. The summed E-state index contributed by atoms with van der Waals surface area (Å²) in [6.07, 6.45) is -0.403. The first-order valence-corrected chi connectivity index (χ1v) is 7.72. The zero-order chi connectivity index (χ0) is 15.3. The Labute approximate surface area is 122 Å². The molecule has 1 rings (SSSR count). The molecule has 0 saturated heterocycles. The molecule has 0 amide bonds. The molecule has 0 aliphatic heterocycles. The second-order valence-corrected chi connectivity index (χ2v) is 6.43. The van der Waals surface area contributed by atoms with Gasteiger partial charge in [0.1, 0.15) is 10.7 Å². The van der Waals surface area contributed by atoms with Gasteiger partial charge in [-0.3, -0.25) is 4.79 Å². The van der Waals surface area contributed by atoms with Crippen molar-refractivity contribution in [3.05, 3.63) is 29.0 Å². The SMILES string of the molecule is CC(C)OC(=O)CCNS(=O)(=O)c1ccc(Cl)cc1F. The summed E-state index contributed by atoms with van der Waals surface area (Å²) in [5, 5.41) is 0.0990. The Bertz CT molecular complexity index is 589. The lowest BCUT2D eigenvalue weighted by molar-refractivity contribution is -0.147. The van der Waals surface area contributed by atoms with Gasteiger partial charge in [-0.15, -0.1) is 0 Å². The molecule has 0 heterocycles. The van der Waals surface area contributed by atoms with Gasteiger partial charge in [0, 0.05) is 11.6 Å². The van der Waals surface area contributed by atoms with Crippen LogP contribution in [0.15, 0.2) is 23.1 Å². The van der Waals surface area contributed by atoms with Crippen molar-refractivity contribution in [3.63, 3.8) is 0 Å². The number of hydrogen-bond acceptors (Lipinski definition) is 4. The van der Waals surface area contributed by atoms with Crippen LogP contribution >= 0.6 is 11.6 Å². The summed E-state index contributed by atoms with van der Waals surface area (Å²) in [5.74, 6) is -1.48. The van der Waals surface area contributed by atoms with E-state index < -0.39 is 26.7 Å². The van der Waals surface area contributed by atoms with Crippen molar-refractivity contribution in [1.82, 2.24) is 4.72 Å². The van der Waals surface area contributed by atoms with Crippen LogP contribution in [0.1, 0.15) is 20.3 Å². The number of nitrogens with one attached hydrogen (secondary N) is 1. The fourth-order valence-electron chi connectivity index (χ4n) is 1.38. The molecule has 0 fully saturated rings. The molecule has 0 unspecified atom stereocenters. The summed E-state index contributed by atoms with van der Waals surface area (Å²) in [4.78, 5) is 10.7. The zero-order valence-corrected chi connectivity index (χ0v) is 12.6. The van der Waals surface area contributed by atoms with Gasteiger partial charge >= 0.3 is 5.97 Å². The highest BCUT2D eigenvalue weighted by Gasteiger charge is 2.19. The molecule has 112 valence electrons. The number of carbonyl (C=O) groups excluding carboxylic acids is 1. The molecule has 0 radical (unpaired) electrons. The smallest absolute Gasteiger partial charge is 0.307 e. The minimum absolute atomic E-state index is 0.0990. The van der Waals surface area contributed by atoms with Crippen LogP contribution in [0.3, 0.4) is 0 Å². The fraction of sp³-hybridized carbons (Fsp3) is 0.417. The van der Waals surface area contributed by atoms with E-state index in [2.05, 4.69) is 4.72 Å². The molecule has 20 heavy (non-hydrogen) atoms. The molecule has 0 atom stereocenters. The van der Waals surface area contributed by atoms with Crippen molar-refractivity contribution in [2.75, 3.05) is 6.54 Å². The minimum Gasteiger partial charge on any atom is -0.463 e.